The minimum absolute atomic E-state index is 0.546. The lowest BCUT2D eigenvalue weighted by molar-refractivity contribution is 0.0781. The molecular weight excluding hydrogens is 480 g/mol. The van der Waals surface area contributed by atoms with E-state index in [2.05, 4.69) is 77.1 Å². The molecule has 198 valence electrons. The van der Waals surface area contributed by atoms with Crippen LogP contribution in [0.3, 0.4) is 0 Å². The van der Waals surface area contributed by atoms with Crippen LogP contribution in [-0.2, 0) is 32.7 Å². The minimum atomic E-state index is 0.546. The van der Waals surface area contributed by atoms with Crippen molar-refractivity contribution < 1.29 is 18.9 Å². The molecule has 0 amide bonds. The van der Waals surface area contributed by atoms with Crippen LogP contribution < -0.4 is 18.9 Å². The Balaban J connectivity index is 1.22. The maximum Gasteiger partial charge on any atom is 0.142 e. The number of fused-ring (bicyclic) bond motifs is 5. The van der Waals surface area contributed by atoms with Gasteiger partial charge in [0.15, 0.2) is 0 Å². The van der Waals surface area contributed by atoms with E-state index in [9.17, 15) is 0 Å². The quantitative estimate of drug-likeness (QED) is 0.519. The largest absolute Gasteiger partial charge is 0.478 e. The molecule has 4 aliphatic heterocycles. The number of hydrogen-bond donors (Lipinski definition) is 0. The SMILES string of the molecule is CN1COc2ccc(-c3cc4c(c(CN5COc6ccc7c(c6C5)CN(C)CO7)c3)OCN(C)C4)cc2C1. The van der Waals surface area contributed by atoms with Gasteiger partial charge in [-0.25, -0.2) is 0 Å². The Morgan fingerprint density at radius 1 is 0.579 bits per heavy atom. The van der Waals surface area contributed by atoms with Crippen LogP contribution in [0.15, 0.2) is 42.5 Å². The summed E-state index contributed by atoms with van der Waals surface area (Å²) >= 11 is 0. The van der Waals surface area contributed by atoms with Crippen LogP contribution in [0.1, 0.15) is 27.8 Å². The highest BCUT2D eigenvalue weighted by atomic mass is 16.5. The van der Waals surface area contributed by atoms with Gasteiger partial charge in [-0.1, -0.05) is 6.07 Å². The number of hydrogen-bond acceptors (Lipinski definition) is 8. The van der Waals surface area contributed by atoms with Crippen LogP contribution in [0.2, 0.25) is 0 Å². The third kappa shape index (κ3) is 4.37. The molecule has 4 aliphatic rings. The van der Waals surface area contributed by atoms with E-state index in [1.54, 1.807) is 0 Å². The van der Waals surface area contributed by atoms with Crippen LogP contribution in [-0.4, -0.2) is 67.7 Å². The molecule has 8 heteroatoms. The van der Waals surface area contributed by atoms with E-state index in [0.717, 1.165) is 55.7 Å². The maximum atomic E-state index is 6.28. The molecule has 38 heavy (non-hydrogen) atoms. The van der Waals surface area contributed by atoms with Crippen molar-refractivity contribution in [3.8, 4) is 34.1 Å². The topological polar surface area (TPSA) is 49.9 Å². The average Bonchev–Trinajstić information content (AvgIpc) is 2.92. The summed E-state index contributed by atoms with van der Waals surface area (Å²) in [6.07, 6.45) is 0. The van der Waals surface area contributed by atoms with E-state index >= 15 is 0 Å². The summed E-state index contributed by atoms with van der Waals surface area (Å²) < 4.78 is 24.4. The third-order valence-corrected chi connectivity index (χ3v) is 7.78. The highest BCUT2D eigenvalue weighted by Gasteiger charge is 2.28. The van der Waals surface area contributed by atoms with Crippen molar-refractivity contribution in [2.75, 3.05) is 48.1 Å². The van der Waals surface area contributed by atoms with Crippen molar-refractivity contribution in [3.63, 3.8) is 0 Å². The summed E-state index contributed by atoms with van der Waals surface area (Å²) in [5.41, 5.74) is 8.52. The number of rotatable bonds is 3. The smallest absolute Gasteiger partial charge is 0.142 e. The first-order valence-electron chi connectivity index (χ1n) is 13.2. The molecule has 7 rings (SSSR count). The predicted octanol–water partition coefficient (Wildman–Crippen LogP) is 4.05. The van der Waals surface area contributed by atoms with Gasteiger partial charge in [-0.15, -0.1) is 0 Å². The van der Waals surface area contributed by atoms with Gasteiger partial charge in [0.2, 0.25) is 0 Å². The Morgan fingerprint density at radius 3 is 2.00 bits per heavy atom. The highest BCUT2D eigenvalue weighted by Crippen LogP contribution is 2.40. The third-order valence-electron chi connectivity index (χ3n) is 7.78. The lowest BCUT2D eigenvalue weighted by atomic mass is 9.95. The molecule has 0 N–H and O–H groups in total. The fourth-order valence-electron chi connectivity index (χ4n) is 5.93. The van der Waals surface area contributed by atoms with Gasteiger partial charge >= 0.3 is 0 Å². The summed E-state index contributed by atoms with van der Waals surface area (Å²) in [6.45, 7) is 6.57. The molecule has 0 aromatic heterocycles. The Labute approximate surface area is 223 Å². The van der Waals surface area contributed by atoms with E-state index in [4.69, 9.17) is 18.9 Å². The van der Waals surface area contributed by atoms with Crippen molar-refractivity contribution in [1.29, 1.82) is 0 Å². The summed E-state index contributed by atoms with van der Waals surface area (Å²) in [5.74, 6) is 3.93. The average molecular weight is 515 g/mol. The normalized spacial score (nSPS) is 19.7. The minimum Gasteiger partial charge on any atom is -0.478 e. The highest BCUT2D eigenvalue weighted by molar-refractivity contribution is 5.69. The summed E-state index contributed by atoms with van der Waals surface area (Å²) in [5, 5.41) is 0. The molecule has 0 bridgehead atoms. The molecule has 0 saturated heterocycles. The first-order valence-corrected chi connectivity index (χ1v) is 13.2. The molecule has 8 nitrogen and oxygen atoms in total. The fourth-order valence-corrected chi connectivity index (χ4v) is 5.93. The molecule has 3 aromatic rings. The monoisotopic (exact) mass is 514 g/mol. The number of ether oxygens (including phenoxy) is 4. The van der Waals surface area contributed by atoms with E-state index in [1.165, 1.54) is 38.9 Å². The van der Waals surface area contributed by atoms with E-state index < -0.39 is 0 Å². The van der Waals surface area contributed by atoms with Gasteiger partial charge in [0.25, 0.3) is 0 Å². The van der Waals surface area contributed by atoms with Gasteiger partial charge in [-0.2, -0.15) is 0 Å². The first kappa shape index (κ1) is 23.8. The molecule has 3 aromatic carbocycles. The van der Waals surface area contributed by atoms with Gasteiger partial charge < -0.3 is 18.9 Å². The van der Waals surface area contributed by atoms with Crippen molar-refractivity contribution in [2.45, 2.75) is 32.7 Å². The zero-order valence-electron chi connectivity index (χ0n) is 22.3. The van der Waals surface area contributed by atoms with Crippen molar-refractivity contribution in [1.82, 2.24) is 19.6 Å². The van der Waals surface area contributed by atoms with Crippen LogP contribution in [0.4, 0.5) is 0 Å². The predicted molar refractivity (Wildman–Crippen MR) is 144 cm³/mol. The zero-order valence-corrected chi connectivity index (χ0v) is 22.3. The second-order valence-electron chi connectivity index (χ2n) is 11.1. The molecule has 0 spiro atoms. The van der Waals surface area contributed by atoms with Crippen molar-refractivity contribution in [3.05, 3.63) is 70.3 Å². The lowest BCUT2D eigenvalue weighted by Gasteiger charge is -2.35. The number of benzene rings is 3. The van der Waals surface area contributed by atoms with Crippen molar-refractivity contribution in [2.24, 2.45) is 0 Å². The molecule has 0 aliphatic carbocycles. The van der Waals surface area contributed by atoms with Crippen LogP contribution >= 0.6 is 0 Å². The van der Waals surface area contributed by atoms with Crippen LogP contribution in [0, 0.1) is 0 Å². The van der Waals surface area contributed by atoms with E-state index in [0.29, 0.717) is 26.9 Å². The Bertz CT molecular complexity index is 1390. The first-order chi connectivity index (χ1) is 18.5. The standard InChI is InChI=1S/C30H34N4O4/c1-31-11-22-8-20(4-5-27(22)35-16-31)21-9-23-12-32(2)18-38-30(23)24(10-21)13-34-15-26-25-14-33(3)17-36-28(25)6-7-29(26)37-19-34/h4-10H,11-19H2,1-3H3. The molecule has 0 unspecified atom stereocenters. The Kier molecular flexibility index (Phi) is 5.93. The summed E-state index contributed by atoms with van der Waals surface area (Å²) in [4.78, 5) is 8.93. The van der Waals surface area contributed by atoms with Gasteiger partial charge in [-0.05, 0) is 68.7 Å². The molecular formula is C30H34N4O4. The van der Waals surface area contributed by atoms with Gasteiger partial charge in [-0.3, -0.25) is 19.6 Å². The lowest BCUT2D eigenvalue weighted by Crippen LogP contribution is -2.35. The Morgan fingerprint density at radius 2 is 1.18 bits per heavy atom. The second-order valence-corrected chi connectivity index (χ2v) is 11.1. The van der Waals surface area contributed by atoms with Crippen molar-refractivity contribution >= 4 is 0 Å². The maximum absolute atomic E-state index is 6.28. The van der Waals surface area contributed by atoms with Crippen LogP contribution in [0.25, 0.3) is 11.1 Å². The summed E-state index contributed by atoms with van der Waals surface area (Å²) in [6, 6.07) is 15.2. The van der Waals surface area contributed by atoms with Gasteiger partial charge in [0.1, 0.15) is 49.9 Å². The zero-order chi connectivity index (χ0) is 25.8. The fraction of sp³-hybridized carbons (Fsp3) is 0.400. The van der Waals surface area contributed by atoms with E-state index in [-0.39, 0.29) is 0 Å². The second kappa shape index (κ2) is 9.47. The summed E-state index contributed by atoms with van der Waals surface area (Å²) in [7, 11) is 6.26. The van der Waals surface area contributed by atoms with Gasteiger partial charge in [0, 0.05) is 60.5 Å². The van der Waals surface area contributed by atoms with Crippen LogP contribution in [0.5, 0.6) is 23.0 Å². The molecule has 0 saturated carbocycles. The van der Waals surface area contributed by atoms with E-state index in [1.807, 2.05) is 6.07 Å². The number of nitrogens with zero attached hydrogens (tertiary/aromatic N) is 4. The molecule has 0 radical (unpaired) electrons. The van der Waals surface area contributed by atoms with Gasteiger partial charge in [0.05, 0.1) is 0 Å². The Hall–Kier alpha value is -3.30. The molecule has 0 atom stereocenters. The molecule has 4 heterocycles. The molecule has 0 fully saturated rings.